The molecule has 0 aliphatic carbocycles. The summed E-state index contributed by atoms with van der Waals surface area (Å²) in [5.74, 6) is 0.199. The number of aliphatic hydroxyl groups is 1. The Morgan fingerprint density at radius 2 is 1.64 bits per heavy atom. The van der Waals surface area contributed by atoms with E-state index in [1.54, 1.807) is 48.7 Å². The van der Waals surface area contributed by atoms with Crippen molar-refractivity contribution in [1.82, 2.24) is 14.3 Å². The molecule has 1 aliphatic heterocycles. The van der Waals surface area contributed by atoms with Crippen LogP contribution in [-0.4, -0.2) is 40.9 Å². The molecule has 4 aromatic rings. The molecule has 1 atom stereocenters. The Balaban J connectivity index is 1.21. The lowest BCUT2D eigenvalue weighted by Crippen LogP contribution is -2.40. The Labute approximate surface area is 227 Å². The Morgan fingerprint density at radius 3 is 2.28 bits per heavy atom. The number of rotatable bonds is 8. The van der Waals surface area contributed by atoms with Crippen molar-refractivity contribution in [3.8, 4) is 11.3 Å². The van der Waals surface area contributed by atoms with Gasteiger partial charge >= 0.3 is 0 Å². The number of sulfonamides is 1. The van der Waals surface area contributed by atoms with E-state index in [1.807, 2.05) is 24.3 Å². The second-order valence-electron chi connectivity index (χ2n) is 9.59. The summed E-state index contributed by atoms with van der Waals surface area (Å²) in [5, 5.41) is 12.4. The van der Waals surface area contributed by atoms with Gasteiger partial charge in [-0.05, 0) is 72.4 Å². The van der Waals surface area contributed by atoms with Crippen molar-refractivity contribution in [2.45, 2.75) is 30.4 Å². The smallest absolute Gasteiger partial charge is 0.243 e. The summed E-state index contributed by atoms with van der Waals surface area (Å²) in [4.78, 5) is 9.03. The maximum absolute atomic E-state index is 13.3. The highest BCUT2D eigenvalue weighted by Gasteiger charge is 2.32. The second-order valence-corrected chi connectivity index (χ2v) is 11.5. The Morgan fingerprint density at radius 1 is 0.974 bits per heavy atom. The molecule has 8 nitrogen and oxygen atoms in total. The third-order valence-corrected chi connectivity index (χ3v) is 9.01. The van der Waals surface area contributed by atoms with E-state index in [0.29, 0.717) is 37.6 Å². The average Bonchev–Trinajstić information content (AvgIpc) is 2.98. The maximum Gasteiger partial charge on any atom is 0.243 e. The van der Waals surface area contributed by atoms with E-state index in [2.05, 4.69) is 15.3 Å². The van der Waals surface area contributed by atoms with Crippen molar-refractivity contribution >= 4 is 21.7 Å². The van der Waals surface area contributed by atoms with Crippen LogP contribution < -0.4 is 11.1 Å². The van der Waals surface area contributed by atoms with Crippen LogP contribution in [0.2, 0.25) is 0 Å². The van der Waals surface area contributed by atoms with Gasteiger partial charge in [-0.1, -0.05) is 36.4 Å². The van der Waals surface area contributed by atoms with Crippen LogP contribution in [0.4, 0.5) is 16.0 Å². The Bertz CT molecular complexity index is 1510. The van der Waals surface area contributed by atoms with Gasteiger partial charge in [0.15, 0.2) is 0 Å². The number of hydrogen-bond acceptors (Lipinski definition) is 7. The molecule has 4 N–H and O–H groups in total. The molecule has 1 fully saturated rings. The van der Waals surface area contributed by atoms with Crippen molar-refractivity contribution in [2.75, 3.05) is 18.4 Å². The fraction of sp³-hybridized carbons (Fsp3) is 0.241. The maximum atomic E-state index is 13.3. The van der Waals surface area contributed by atoms with Crippen molar-refractivity contribution in [3.05, 3.63) is 102 Å². The first-order valence-electron chi connectivity index (χ1n) is 12.7. The van der Waals surface area contributed by atoms with Gasteiger partial charge in [0.1, 0.15) is 5.82 Å². The summed E-state index contributed by atoms with van der Waals surface area (Å²) in [5.41, 5.74) is 10.3. The first-order chi connectivity index (χ1) is 18.8. The van der Waals surface area contributed by atoms with E-state index in [1.165, 1.54) is 16.4 Å². The standard InChI is InChI=1S/C29H30FN5O3S/c30-24-7-5-22(6-8-24)28(31)23-14-17-35(18-15-23)39(37,38)26-11-9-25(10-12-26)33-29-32-16-13-27(34-29)21-3-1-20(19-36)2-4-21/h1-13,16,23,28,36H,14-15,17-19,31H2,(H,32,33,34)/t28-/m0/s1. The molecule has 10 heteroatoms. The predicted octanol–water partition coefficient (Wildman–Crippen LogP) is 4.62. The van der Waals surface area contributed by atoms with Gasteiger partial charge in [0.2, 0.25) is 16.0 Å². The van der Waals surface area contributed by atoms with Crippen LogP contribution in [0.3, 0.4) is 0 Å². The van der Waals surface area contributed by atoms with Gasteiger partial charge in [-0.25, -0.2) is 22.8 Å². The van der Waals surface area contributed by atoms with E-state index in [4.69, 9.17) is 5.73 Å². The van der Waals surface area contributed by atoms with Crippen LogP contribution in [0.1, 0.15) is 30.0 Å². The van der Waals surface area contributed by atoms with Crippen LogP contribution in [-0.2, 0) is 16.6 Å². The van der Waals surface area contributed by atoms with Crippen LogP contribution in [0.15, 0.2) is 90.0 Å². The number of aliphatic hydroxyl groups excluding tert-OH is 1. The third-order valence-electron chi connectivity index (χ3n) is 7.10. The lowest BCUT2D eigenvalue weighted by atomic mass is 9.86. The van der Waals surface area contributed by atoms with Crippen LogP contribution in [0, 0.1) is 11.7 Å². The number of aromatic nitrogens is 2. The summed E-state index contributed by atoms with van der Waals surface area (Å²) in [7, 11) is -3.65. The van der Waals surface area contributed by atoms with Crippen molar-refractivity contribution in [2.24, 2.45) is 11.7 Å². The van der Waals surface area contributed by atoms with E-state index >= 15 is 0 Å². The first kappa shape index (κ1) is 26.9. The first-order valence-corrected chi connectivity index (χ1v) is 14.2. The zero-order valence-corrected chi connectivity index (χ0v) is 22.1. The summed E-state index contributed by atoms with van der Waals surface area (Å²) < 4.78 is 41.3. The minimum absolute atomic E-state index is 0.0213. The monoisotopic (exact) mass is 547 g/mol. The normalized spacial score (nSPS) is 15.7. The number of nitrogens with two attached hydrogens (primary N) is 1. The van der Waals surface area contributed by atoms with E-state index in [9.17, 15) is 17.9 Å². The average molecular weight is 548 g/mol. The second kappa shape index (κ2) is 11.6. The van der Waals surface area contributed by atoms with E-state index in [0.717, 1.165) is 22.4 Å². The van der Waals surface area contributed by atoms with Crippen LogP contribution >= 0.6 is 0 Å². The van der Waals surface area contributed by atoms with Crippen LogP contribution in [0.5, 0.6) is 0 Å². The molecule has 0 saturated carbocycles. The fourth-order valence-electron chi connectivity index (χ4n) is 4.78. The van der Waals surface area contributed by atoms with Crippen molar-refractivity contribution in [3.63, 3.8) is 0 Å². The summed E-state index contributed by atoms with van der Waals surface area (Å²) in [6.45, 7) is 0.732. The number of benzene rings is 3. The molecule has 0 radical (unpaired) electrons. The summed E-state index contributed by atoms with van der Waals surface area (Å²) in [6.07, 6.45) is 2.91. The van der Waals surface area contributed by atoms with Gasteiger partial charge in [-0.15, -0.1) is 0 Å². The Kier molecular flexibility index (Phi) is 7.99. The highest BCUT2D eigenvalue weighted by molar-refractivity contribution is 7.89. The van der Waals surface area contributed by atoms with Gasteiger partial charge < -0.3 is 16.2 Å². The molecule has 5 rings (SSSR count). The highest BCUT2D eigenvalue weighted by Crippen LogP contribution is 2.32. The van der Waals surface area contributed by atoms with Crippen LogP contribution in [0.25, 0.3) is 11.3 Å². The molecular weight excluding hydrogens is 517 g/mol. The number of halogens is 1. The molecule has 1 saturated heterocycles. The van der Waals surface area contributed by atoms with E-state index < -0.39 is 10.0 Å². The minimum Gasteiger partial charge on any atom is -0.392 e. The molecule has 0 bridgehead atoms. The van der Waals surface area contributed by atoms with Gasteiger partial charge in [0.05, 0.1) is 17.2 Å². The lowest BCUT2D eigenvalue weighted by Gasteiger charge is -2.34. The summed E-state index contributed by atoms with van der Waals surface area (Å²) >= 11 is 0. The number of nitrogens with zero attached hydrogens (tertiary/aromatic N) is 3. The molecule has 0 spiro atoms. The zero-order chi connectivity index (χ0) is 27.4. The van der Waals surface area contributed by atoms with Crippen molar-refractivity contribution in [1.29, 1.82) is 0 Å². The van der Waals surface area contributed by atoms with Gasteiger partial charge in [-0.3, -0.25) is 0 Å². The minimum atomic E-state index is -3.65. The topological polar surface area (TPSA) is 121 Å². The fourth-order valence-corrected chi connectivity index (χ4v) is 6.25. The molecule has 3 aromatic carbocycles. The molecule has 202 valence electrons. The molecular formula is C29H30FN5O3S. The van der Waals surface area contributed by atoms with Gasteiger partial charge in [0.25, 0.3) is 0 Å². The molecule has 0 unspecified atom stereocenters. The number of anilines is 2. The molecule has 39 heavy (non-hydrogen) atoms. The molecule has 1 aliphatic rings. The van der Waals surface area contributed by atoms with Gasteiger partial charge in [-0.2, -0.15) is 4.31 Å². The number of nitrogens with one attached hydrogen (secondary N) is 1. The largest absolute Gasteiger partial charge is 0.392 e. The third kappa shape index (κ3) is 6.15. The molecule has 2 heterocycles. The van der Waals surface area contributed by atoms with E-state index in [-0.39, 0.29) is 29.3 Å². The Hall–Kier alpha value is -3.70. The van der Waals surface area contributed by atoms with Gasteiger partial charge in [0, 0.05) is 36.6 Å². The highest BCUT2D eigenvalue weighted by atomic mass is 32.2. The SMILES string of the molecule is N[C@@H](c1ccc(F)cc1)C1CCN(S(=O)(=O)c2ccc(Nc3nccc(-c4ccc(CO)cc4)n3)cc2)CC1. The number of piperidine rings is 1. The zero-order valence-electron chi connectivity index (χ0n) is 21.2. The summed E-state index contributed by atoms with van der Waals surface area (Å²) in [6, 6.07) is 21.7. The lowest BCUT2D eigenvalue weighted by molar-refractivity contribution is 0.245. The predicted molar refractivity (Wildman–Crippen MR) is 148 cm³/mol. The van der Waals surface area contributed by atoms with Crippen molar-refractivity contribution < 1.29 is 17.9 Å². The molecule has 0 amide bonds. The number of hydrogen-bond donors (Lipinski definition) is 3. The molecule has 1 aromatic heterocycles. The quantitative estimate of drug-likeness (QED) is 0.294.